The van der Waals surface area contributed by atoms with Crippen LogP contribution < -0.4 is 5.32 Å². The molecule has 1 unspecified atom stereocenters. The van der Waals surface area contributed by atoms with E-state index in [1.165, 1.54) is 7.11 Å². The summed E-state index contributed by atoms with van der Waals surface area (Å²) in [4.78, 5) is 23.7. The molecule has 0 radical (unpaired) electrons. The maximum Gasteiger partial charge on any atom is 0.337 e. The number of ketones is 1. The van der Waals surface area contributed by atoms with Crippen LogP contribution in [0.4, 0.5) is 5.69 Å². The number of esters is 1. The lowest BCUT2D eigenvalue weighted by Gasteiger charge is -2.14. The third-order valence-electron chi connectivity index (χ3n) is 3.21. The number of anilines is 1. The van der Waals surface area contributed by atoms with Crippen LogP contribution in [0, 0.1) is 0 Å². The maximum atomic E-state index is 12.3. The van der Waals surface area contributed by atoms with E-state index in [1.54, 1.807) is 43.3 Å². The second kappa shape index (κ2) is 7.22. The molecule has 0 saturated carbocycles. The molecule has 0 aromatic heterocycles. The zero-order valence-corrected chi connectivity index (χ0v) is 13.9. The second-order valence-electron chi connectivity index (χ2n) is 4.81. The van der Waals surface area contributed by atoms with Crippen LogP contribution in [0.1, 0.15) is 27.6 Å². The maximum absolute atomic E-state index is 12.3. The number of Topliss-reactive ketones (excluding diaryl/α,β-unsaturated/α-hetero) is 1. The molecule has 22 heavy (non-hydrogen) atoms. The first-order chi connectivity index (χ1) is 10.5. The third kappa shape index (κ3) is 3.95. The molecule has 0 aliphatic carbocycles. The summed E-state index contributed by atoms with van der Waals surface area (Å²) >= 11 is 3.35. The van der Waals surface area contributed by atoms with Crippen LogP contribution in [-0.2, 0) is 4.74 Å². The van der Waals surface area contributed by atoms with Gasteiger partial charge in [0.15, 0.2) is 5.78 Å². The number of halogens is 1. The highest BCUT2D eigenvalue weighted by Crippen LogP contribution is 2.15. The van der Waals surface area contributed by atoms with Gasteiger partial charge in [-0.1, -0.05) is 28.1 Å². The van der Waals surface area contributed by atoms with Crippen LogP contribution in [-0.4, -0.2) is 24.9 Å². The minimum Gasteiger partial charge on any atom is -0.465 e. The van der Waals surface area contributed by atoms with Gasteiger partial charge in [0, 0.05) is 15.7 Å². The van der Waals surface area contributed by atoms with Crippen molar-refractivity contribution in [3.05, 3.63) is 64.1 Å². The van der Waals surface area contributed by atoms with Gasteiger partial charge in [0.1, 0.15) is 0 Å². The number of carbonyl (C=O) groups excluding carboxylic acids is 2. The minimum absolute atomic E-state index is 0.00421. The molecule has 2 rings (SSSR count). The first-order valence-electron chi connectivity index (χ1n) is 6.76. The number of nitrogens with one attached hydrogen (secondary N) is 1. The Labute approximate surface area is 137 Å². The summed E-state index contributed by atoms with van der Waals surface area (Å²) in [5.74, 6) is -0.380. The molecule has 4 nitrogen and oxygen atoms in total. The molecule has 0 saturated heterocycles. The molecule has 1 atom stereocenters. The Morgan fingerprint density at radius 2 is 1.55 bits per heavy atom. The van der Waals surface area contributed by atoms with E-state index in [9.17, 15) is 9.59 Å². The minimum atomic E-state index is -0.384. The summed E-state index contributed by atoms with van der Waals surface area (Å²) in [5, 5.41) is 3.13. The Kier molecular flexibility index (Phi) is 5.33. The quantitative estimate of drug-likeness (QED) is 0.647. The number of hydrogen-bond donors (Lipinski definition) is 1. The average molecular weight is 362 g/mol. The molecule has 2 aromatic carbocycles. The lowest BCUT2D eigenvalue weighted by Crippen LogP contribution is -2.26. The van der Waals surface area contributed by atoms with Gasteiger partial charge in [-0.05, 0) is 43.3 Å². The Bertz CT molecular complexity index is 665. The number of methoxy groups -OCH3 is 1. The van der Waals surface area contributed by atoms with Gasteiger partial charge in [0.05, 0.1) is 18.7 Å². The summed E-state index contributed by atoms with van der Waals surface area (Å²) in [6.07, 6.45) is 0. The van der Waals surface area contributed by atoms with Crippen molar-refractivity contribution in [3.63, 3.8) is 0 Å². The first-order valence-corrected chi connectivity index (χ1v) is 7.55. The first kappa shape index (κ1) is 16.2. The molecule has 0 aliphatic heterocycles. The van der Waals surface area contributed by atoms with Gasteiger partial charge in [-0.3, -0.25) is 4.79 Å². The summed E-state index contributed by atoms with van der Waals surface area (Å²) in [7, 11) is 1.34. The van der Waals surface area contributed by atoms with E-state index in [0.717, 1.165) is 10.2 Å². The van der Waals surface area contributed by atoms with E-state index in [4.69, 9.17) is 0 Å². The molecule has 0 heterocycles. The zero-order chi connectivity index (χ0) is 16.1. The molecule has 0 aliphatic rings. The van der Waals surface area contributed by atoms with Crippen LogP contribution in [0.25, 0.3) is 0 Å². The highest BCUT2D eigenvalue weighted by molar-refractivity contribution is 9.10. The molecule has 5 heteroatoms. The lowest BCUT2D eigenvalue weighted by atomic mass is 10.1. The Morgan fingerprint density at radius 1 is 1.00 bits per heavy atom. The fourth-order valence-electron chi connectivity index (χ4n) is 2.00. The van der Waals surface area contributed by atoms with E-state index < -0.39 is 0 Å². The van der Waals surface area contributed by atoms with Crippen LogP contribution in [0.2, 0.25) is 0 Å². The van der Waals surface area contributed by atoms with E-state index in [-0.39, 0.29) is 17.8 Å². The van der Waals surface area contributed by atoms with Gasteiger partial charge < -0.3 is 10.1 Å². The monoisotopic (exact) mass is 361 g/mol. The summed E-state index contributed by atoms with van der Waals surface area (Å²) in [6, 6.07) is 13.7. The van der Waals surface area contributed by atoms with Gasteiger partial charge in [0.25, 0.3) is 0 Å². The van der Waals surface area contributed by atoms with Crippen LogP contribution in [0.15, 0.2) is 53.0 Å². The number of benzene rings is 2. The third-order valence-corrected chi connectivity index (χ3v) is 3.74. The van der Waals surface area contributed by atoms with Crippen molar-refractivity contribution in [2.24, 2.45) is 0 Å². The molecule has 114 valence electrons. The fourth-order valence-corrected chi connectivity index (χ4v) is 2.26. The molecule has 0 amide bonds. The SMILES string of the molecule is COC(=O)c1ccc(NC(C)C(=O)c2ccc(Br)cc2)cc1. The van der Waals surface area contributed by atoms with Crippen molar-refractivity contribution in [2.45, 2.75) is 13.0 Å². The second-order valence-corrected chi connectivity index (χ2v) is 5.72. The highest BCUT2D eigenvalue weighted by atomic mass is 79.9. The van der Waals surface area contributed by atoms with Gasteiger partial charge >= 0.3 is 5.97 Å². The van der Waals surface area contributed by atoms with Crippen molar-refractivity contribution in [3.8, 4) is 0 Å². The number of rotatable bonds is 5. The number of carbonyl (C=O) groups is 2. The highest BCUT2D eigenvalue weighted by Gasteiger charge is 2.15. The van der Waals surface area contributed by atoms with Crippen LogP contribution in [0.5, 0.6) is 0 Å². The van der Waals surface area contributed by atoms with Crippen molar-refractivity contribution in [1.29, 1.82) is 0 Å². The lowest BCUT2D eigenvalue weighted by molar-refractivity contribution is 0.0600. The zero-order valence-electron chi connectivity index (χ0n) is 12.3. The van der Waals surface area contributed by atoms with E-state index in [0.29, 0.717) is 11.1 Å². The van der Waals surface area contributed by atoms with E-state index in [1.807, 2.05) is 12.1 Å². The van der Waals surface area contributed by atoms with Gasteiger partial charge in [0.2, 0.25) is 0 Å². The summed E-state index contributed by atoms with van der Waals surface area (Å²) < 4.78 is 5.58. The summed E-state index contributed by atoms with van der Waals surface area (Å²) in [5.41, 5.74) is 1.89. The predicted molar refractivity (Wildman–Crippen MR) is 89.3 cm³/mol. The molecular formula is C17H16BrNO3. The number of ether oxygens (including phenoxy) is 1. The Morgan fingerprint density at radius 3 is 2.09 bits per heavy atom. The topological polar surface area (TPSA) is 55.4 Å². The molecule has 0 fully saturated rings. The standard InChI is InChI=1S/C17H16BrNO3/c1-11(16(20)12-3-7-14(18)8-4-12)19-15-9-5-13(6-10-15)17(21)22-2/h3-11,19H,1-2H3. The fraction of sp³-hybridized carbons (Fsp3) is 0.176. The average Bonchev–Trinajstić information content (AvgIpc) is 2.54. The van der Waals surface area contributed by atoms with Gasteiger partial charge in [-0.15, -0.1) is 0 Å². The number of hydrogen-bond acceptors (Lipinski definition) is 4. The molecule has 0 spiro atoms. The van der Waals surface area contributed by atoms with Crippen LogP contribution in [0.3, 0.4) is 0 Å². The van der Waals surface area contributed by atoms with Crippen molar-refractivity contribution in [1.82, 2.24) is 0 Å². The van der Waals surface area contributed by atoms with E-state index in [2.05, 4.69) is 26.0 Å². The largest absolute Gasteiger partial charge is 0.465 e. The van der Waals surface area contributed by atoms with Crippen molar-refractivity contribution >= 4 is 33.4 Å². The normalized spacial score (nSPS) is 11.6. The van der Waals surface area contributed by atoms with Crippen molar-refractivity contribution < 1.29 is 14.3 Å². The Balaban J connectivity index is 2.05. The summed E-state index contributed by atoms with van der Waals surface area (Å²) in [6.45, 7) is 1.80. The molecule has 1 N–H and O–H groups in total. The van der Waals surface area contributed by atoms with Gasteiger partial charge in [-0.25, -0.2) is 4.79 Å². The molecule has 0 bridgehead atoms. The van der Waals surface area contributed by atoms with E-state index >= 15 is 0 Å². The van der Waals surface area contributed by atoms with Crippen molar-refractivity contribution in [2.75, 3.05) is 12.4 Å². The smallest absolute Gasteiger partial charge is 0.337 e. The Hall–Kier alpha value is -2.14. The predicted octanol–water partition coefficient (Wildman–Crippen LogP) is 3.92. The van der Waals surface area contributed by atoms with Gasteiger partial charge in [-0.2, -0.15) is 0 Å². The van der Waals surface area contributed by atoms with Crippen LogP contribution >= 0.6 is 15.9 Å². The molecule has 2 aromatic rings. The molecular weight excluding hydrogens is 346 g/mol.